The summed E-state index contributed by atoms with van der Waals surface area (Å²) in [5.74, 6) is 0.564. The van der Waals surface area contributed by atoms with Crippen molar-refractivity contribution in [1.29, 1.82) is 0 Å². The molecule has 1 aliphatic heterocycles. The van der Waals surface area contributed by atoms with Gasteiger partial charge in [0.15, 0.2) is 0 Å². The first-order valence-corrected chi connectivity index (χ1v) is 6.48. The summed E-state index contributed by atoms with van der Waals surface area (Å²) in [7, 11) is 0. The van der Waals surface area contributed by atoms with Crippen molar-refractivity contribution in [2.75, 3.05) is 6.61 Å². The molecule has 2 aliphatic rings. The molecule has 5 nitrogen and oxygen atoms in total. The lowest BCUT2D eigenvalue weighted by Crippen LogP contribution is -2.10. The minimum absolute atomic E-state index is 0.129. The number of carbonyl (C=O) groups is 1. The summed E-state index contributed by atoms with van der Waals surface area (Å²) in [6, 6.07) is 0. The smallest absolute Gasteiger partial charge is 0.311 e. The second kappa shape index (κ2) is 4.55. The Bertz CT molecular complexity index is 481. The van der Waals surface area contributed by atoms with E-state index < -0.39 is 5.97 Å². The Balaban J connectivity index is 1.99. The zero-order valence-electron chi connectivity index (χ0n) is 10.2. The van der Waals surface area contributed by atoms with Crippen LogP contribution < -0.4 is 4.74 Å². The van der Waals surface area contributed by atoms with Gasteiger partial charge in [-0.1, -0.05) is 12.8 Å². The summed E-state index contributed by atoms with van der Waals surface area (Å²) >= 11 is 0. The molecule has 0 aromatic carbocycles. The van der Waals surface area contributed by atoms with Gasteiger partial charge in [-0.15, -0.1) is 0 Å². The van der Waals surface area contributed by atoms with E-state index in [1.165, 1.54) is 12.8 Å². The first-order chi connectivity index (χ1) is 8.74. The first kappa shape index (κ1) is 11.4. The molecule has 1 aromatic rings. The highest BCUT2D eigenvalue weighted by molar-refractivity contribution is 5.69. The van der Waals surface area contributed by atoms with Crippen LogP contribution in [0.3, 0.4) is 0 Å². The molecule has 0 unspecified atom stereocenters. The van der Waals surface area contributed by atoms with Gasteiger partial charge in [-0.3, -0.25) is 4.79 Å². The van der Waals surface area contributed by atoms with Gasteiger partial charge >= 0.3 is 5.97 Å². The molecule has 0 saturated heterocycles. The van der Waals surface area contributed by atoms with Gasteiger partial charge in [0.1, 0.15) is 12.2 Å². The van der Waals surface area contributed by atoms with Crippen LogP contribution in [0.1, 0.15) is 48.7 Å². The normalized spacial score (nSPS) is 18.7. The molecule has 0 atom stereocenters. The highest BCUT2D eigenvalue weighted by Crippen LogP contribution is 2.38. The van der Waals surface area contributed by atoms with Gasteiger partial charge in [0.25, 0.3) is 0 Å². The van der Waals surface area contributed by atoms with Crippen molar-refractivity contribution in [1.82, 2.24) is 9.97 Å². The minimum atomic E-state index is -0.898. The molecule has 3 rings (SSSR count). The number of aliphatic carboxylic acids is 1. The molecule has 1 saturated carbocycles. The molecule has 96 valence electrons. The fourth-order valence-corrected chi connectivity index (χ4v) is 2.88. The highest BCUT2D eigenvalue weighted by atomic mass is 16.5. The van der Waals surface area contributed by atoms with Crippen LogP contribution in [-0.4, -0.2) is 27.7 Å². The topological polar surface area (TPSA) is 72.3 Å². The maximum absolute atomic E-state index is 10.8. The molecule has 0 radical (unpaired) electrons. The number of hydrogen-bond donors (Lipinski definition) is 1. The Morgan fingerprint density at radius 2 is 2.11 bits per heavy atom. The van der Waals surface area contributed by atoms with E-state index in [2.05, 4.69) is 9.97 Å². The van der Waals surface area contributed by atoms with Gasteiger partial charge in [-0.25, -0.2) is 4.98 Å². The second-order valence-electron chi connectivity index (χ2n) is 4.96. The monoisotopic (exact) mass is 248 g/mol. The van der Waals surface area contributed by atoms with Crippen LogP contribution in [0.5, 0.6) is 5.88 Å². The van der Waals surface area contributed by atoms with Crippen LogP contribution in [0.4, 0.5) is 0 Å². The van der Waals surface area contributed by atoms with Crippen LogP contribution in [0.25, 0.3) is 0 Å². The number of hydrogen-bond acceptors (Lipinski definition) is 4. The van der Waals surface area contributed by atoms with Gasteiger partial charge in [0.05, 0.1) is 12.3 Å². The Kier molecular flexibility index (Phi) is 2.89. The third-order valence-electron chi connectivity index (χ3n) is 3.69. The number of fused-ring (bicyclic) bond motifs is 1. The molecule has 0 amide bonds. The van der Waals surface area contributed by atoms with Crippen LogP contribution in [-0.2, 0) is 17.6 Å². The lowest BCUT2D eigenvalue weighted by Gasteiger charge is -2.13. The summed E-state index contributed by atoms with van der Waals surface area (Å²) in [6.07, 6.45) is 5.49. The molecule has 1 aliphatic carbocycles. The number of aromatic nitrogens is 2. The zero-order chi connectivity index (χ0) is 12.5. The third kappa shape index (κ3) is 2.05. The predicted octanol–water partition coefficient (Wildman–Crippen LogP) is 1.70. The van der Waals surface area contributed by atoms with Crippen molar-refractivity contribution in [2.45, 2.75) is 44.4 Å². The molecular weight excluding hydrogens is 232 g/mol. The SMILES string of the molecule is O=C(O)Cc1nc2c(c(C3CCCC3)n1)CCO2. The van der Waals surface area contributed by atoms with E-state index in [0.29, 0.717) is 24.2 Å². The quantitative estimate of drug-likeness (QED) is 0.881. The van der Waals surface area contributed by atoms with Gasteiger partial charge in [0, 0.05) is 17.9 Å². The third-order valence-corrected chi connectivity index (χ3v) is 3.69. The van der Waals surface area contributed by atoms with E-state index >= 15 is 0 Å². The molecule has 18 heavy (non-hydrogen) atoms. The average molecular weight is 248 g/mol. The number of ether oxygens (including phenoxy) is 1. The zero-order valence-corrected chi connectivity index (χ0v) is 10.2. The summed E-state index contributed by atoms with van der Waals surface area (Å²) in [4.78, 5) is 19.5. The highest BCUT2D eigenvalue weighted by Gasteiger charge is 2.28. The summed E-state index contributed by atoms with van der Waals surface area (Å²) in [5, 5.41) is 8.85. The Labute approximate surface area is 105 Å². The minimum Gasteiger partial charge on any atom is -0.481 e. The molecule has 1 N–H and O–H groups in total. The van der Waals surface area contributed by atoms with Gasteiger partial charge in [0.2, 0.25) is 5.88 Å². The number of carboxylic acids is 1. The van der Waals surface area contributed by atoms with Gasteiger partial charge < -0.3 is 9.84 Å². The number of carboxylic acid groups (broad SMARTS) is 1. The molecule has 1 fully saturated rings. The van der Waals surface area contributed by atoms with Crippen molar-refractivity contribution >= 4 is 5.97 Å². The summed E-state index contributed by atoms with van der Waals surface area (Å²) in [5.41, 5.74) is 2.15. The molecule has 0 spiro atoms. The number of nitrogens with zero attached hydrogens (tertiary/aromatic N) is 2. The Hall–Kier alpha value is -1.65. The van der Waals surface area contributed by atoms with E-state index in [1.807, 2.05) is 0 Å². The van der Waals surface area contributed by atoms with Crippen molar-refractivity contribution in [3.05, 3.63) is 17.1 Å². The largest absolute Gasteiger partial charge is 0.481 e. The van der Waals surface area contributed by atoms with E-state index in [4.69, 9.17) is 9.84 Å². The molecule has 5 heteroatoms. The molecule has 1 aromatic heterocycles. The van der Waals surface area contributed by atoms with Crippen LogP contribution >= 0.6 is 0 Å². The van der Waals surface area contributed by atoms with Crippen molar-refractivity contribution in [2.24, 2.45) is 0 Å². The van der Waals surface area contributed by atoms with Crippen LogP contribution in [0.2, 0.25) is 0 Å². The fourth-order valence-electron chi connectivity index (χ4n) is 2.88. The lowest BCUT2D eigenvalue weighted by atomic mass is 9.98. The maximum atomic E-state index is 10.8. The molecular formula is C13H16N2O3. The lowest BCUT2D eigenvalue weighted by molar-refractivity contribution is -0.136. The summed E-state index contributed by atoms with van der Waals surface area (Å²) < 4.78 is 5.48. The maximum Gasteiger partial charge on any atom is 0.311 e. The summed E-state index contributed by atoms with van der Waals surface area (Å²) in [6.45, 7) is 0.639. The van der Waals surface area contributed by atoms with E-state index in [0.717, 1.165) is 30.5 Å². The first-order valence-electron chi connectivity index (χ1n) is 6.48. The van der Waals surface area contributed by atoms with Crippen LogP contribution in [0.15, 0.2) is 0 Å². The van der Waals surface area contributed by atoms with E-state index in [1.54, 1.807) is 0 Å². The van der Waals surface area contributed by atoms with Crippen molar-refractivity contribution in [3.8, 4) is 5.88 Å². The van der Waals surface area contributed by atoms with Crippen molar-refractivity contribution < 1.29 is 14.6 Å². The number of rotatable bonds is 3. The van der Waals surface area contributed by atoms with Crippen molar-refractivity contribution in [3.63, 3.8) is 0 Å². The van der Waals surface area contributed by atoms with Gasteiger partial charge in [-0.05, 0) is 12.8 Å². The molecule has 2 heterocycles. The van der Waals surface area contributed by atoms with E-state index in [-0.39, 0.29) is 6.42 Å². The second-order valence-corrected chi connectivity index (χ2v) is 4.96. The average Bonchev–Trinajstić information content (AvgIpc) is 2.97. The van der Waals surface area contributed by atoms with Crippen LogP contribution in [0, 0.1) is 0 Å². The predicted molar refractivity (Wildman–Crippen MR) is 63.8 cm³/mol. The van der Waals surface area contributed by atoms with E-state index in [9.17, 15) is 4.79 Å². The Morgan fingerprint density at radius 3 is 2.83 bits per heavy atom. The van der Waals surface area contributed by atoms with Gasteiger partial charge in [-0.2, -0.15) is 4.98 Å². The standard InChI is InChI=1S/C13H16N2O3/c16-11(17)7-10-14-12(8-3-1-2-4-8)9-5-6-18-13(9)15-10/h8H,1-7H2,(H,16,17). The molecule has 0 bridgehead atoms. The fraction of sp³-hybridized carbons (Fsp3) is 0.615. The Morgan fingerprint density at radius 1 is 1.33 bits per heavy atom.